The molecule has 0 radical (unpaired) electrons. The summed E-state index contributed by atoms with van der Waals surface area (Å²) in [5.74, 6) is -0.211. The topological polar surface area (TPSA) is 74.6 Å². The molecule has 0 fully saturated rings. The third-order valence-electron chi connectivity index (χ3n) is 4.46. The Hall–Kier alpha value is -2.53. The van der Waals surface area contributed by atoms with Gasteiger partial charge >= 0.3 is 0 Å². The van der Waals surface area contributed by atoms with Crippen molar-refractivity contribution in [3.63, 3.8) is 0 Å². The summed E-state index contributed by atoms with van der Waals surface area (Å²) in [6, 6.07) is 22.7. The summed E-state index contributed by atoms with van der Waals surface area (Å²) in [5, 5.41) is 15.0. The van der Waals surface area contributed by atoms with Crippen LogP contribution in [0, 0.1) is 7.14 Å². The number of carbonyl (C=O) groups is 1. The van der Waals surface area contributed by atoms with Crippen LogP contribution in [0.2, 0.25) is 0 Å². The molecule has 0 atom stereocenters. The molecule has 0 aliphatic heterocycles. The number of aromatic hydroxyl groups is 1. The number of pyridine rings is 1. The molecule has 0 saturated heterocycles. The van der Waals surface area contributed by atoms with Crippen molar-refractivity contribution in [2.45, 2.75) is 0 Å². The minimum atomic E-state index is -0.346. The maximum absolute atomic E-state index is 12.9. The van der Waals surface area contributed by atoms with Crippen LogP contribution in [0.15, 0.2) is 77.9 Å². The second kappa shape index (κ2) is 9.09. The van der Waals surface area contributed by atoms with Gasteiger partial charge in [0.15, 0.2) is 0 Å². The lowest BCUT2D eigenvalue weighted by Crippen LogP contribution is -2.18. The second-order valence-electron chi connectivity index (χ2n) is 6.46. The van der Waals surface area contributed by atoms with Crippen LogP contribution < -0.4 is 5.43 Å². The zero-order valence-corrected chi connectivity index (χ0v) is 19.8. The summed E-state index contributed by atoms with van der Waals surface area (Å²) in [7, 11) is 0. The van der Waals surface area contributed by atoms with Crippen LogP contribution in [0.4, 0.5) is 0 Å². The number of hydrogen-bond acceptors (Lipinski definition) is 4. The Morgan fingerprint density at radius 1 is 1.00 bits per heavy atom. The van der Waals surface area contributed by atoms with Crippen molar-refractivity contribution >= 4 is 68.2 Å². The molecule has 2 N–H and O–H groups in total. The van der Waals surface area contributed by atoms with E-state index < -0.39 is 0 Å². The van der Waals surface area contributed by atoms with E-state index in [-0.39, 0.29) is 11.7 Å². The van der Waals surface area contributed by atoms with Gasteiger partial charge < -0.3 is 5.11 Å². The number of nitrogens with zero attached hydrogens (tertiary/aromatic N) is 2. The third kappa shape index (κ3) is 4.46. The predicted molar refractivity (Wildman–Crippen MR) is 136 cm³/mol. The Labute approximate surface area is 200 Å². The van der Waals surface area contributed by atoms with E-state index in [1.54, 1.807) is 12.1 Å². The van der Waals surface area contributed by atoms with Crippen molar-refractivity contribution in [3.05, 3.63) is 91.1 Å². The first-order valence-corrected chi connectivity index (χ1v) is 11.2. The number of phenols is 1. The highest BCUT2D eigenvalue weighted by Gasteiger charge is 2.13. The molecule has 1 heterocycles. The maximum atomic E-state index is 12.9. The van der Waals surface area contributed by atoms with E-state index in [0.29, 0.717) is 16.8 Å². The van der Waals surface area contributed by atoms with E-state index in [4.69, 9.17) is 4.98 Å². The number of hydrogen-bond donors (Lipinski definition) is 2. The molecule has 1 amide bonds. The van der Waals surface area contributed by atoms with E-state index >= 15 is 0 Å². The van der Waals surface area contributed by atoms with Gasteiger partial charge in [-0.25, -0.2) is 10.4 Å². The normalized spacial score (nSPS) is 11.1. The van der Waals surface area contributed by atoms with E-state index in [9.17, 15) is 9.90 Å². The highest BCUT2D eigenvalue weighted by molar-refractivity contribution is 14.1. The van der Waals surface area contributed by atoms with Crippen molar-refractivity contribution in [3.8, 4) is 17.0 Å². The number of carbonyl (C=O) groups excluding carboxylic acids is 1. The van der Waals surface area contributed by atoms with Gasteiger partial charge in [-0.15, -0.1) is 0 Å². The highest BCUT2D eigenvalue weighted by Crippen LogP contribution is 2.26. The van der Waals surface area contributed by atoms with Crippen LogP contribution in [0.25, 0.3) is 22.2 Å². The van der Waals surface area contributed by atoms with Crippen LogP contribution in [-0.2, 0) is 0 Å². The molecular weight excluding hydrogens is 604 g/mol. The SMILES string of the molecule is O=C(N/N=C\c1cc(I)cc(I)c1O)c1cc(-c2ccccc2)nc2ccccc12. The van der Waals surface area contributed by atoms with E-state index in [1.165, 1.54) is 6.21 Å². The molecule has 0 bridgehead atoms. The number of benzene rings is 3. The van der Waals surface area contributed by atoms with Gasteiger partial charge in [-0.1, -0.05) is 48.5 Å². The van der Waals surface area contributed by atoms with E-state index in [2.05, 4.69) is 55.7 Å². The number of aromatic nitrogens is 1. The molecule has 0 spiro atoms. The molecule has 4 rings (SSSR count). The lowest BCUT2D eigenvalue weighted by Gasteiger charge is -2.09. The molecule has 3 aromatic carbocycles. The molecule has 0 saturated carbocycles. The van der Waals surface area contributed by atoms with Crippen molar-refractivity contribution < 1.29 is 9.90 Å². The van der Waals surface area contributed by atoms with Gasteiger partial charge in [0.1, 0.15) is 5.75 Å². The number of fused-ring (bicyclic) bond motifs is 1. The molecular formula is C23H15I2N3O2. The molecule has 5 nitrogen and oxygen atoms in total. The summed E-state index contributed by atoms with van der Waals surface area (Å²) < 4.78 is 1.69. The number of hydrazone groups is 1. The fraction of sp³-hybridized carbons (Fsp3) is 0. The summed E-state index contributed by atoms with van der Waals surface area (Å²) >= 11 is 4.23. The highest BCUT2D eigenvalue weighted by atomic mass is 127. The summed E-state index contributed by atoms with van der Waals surface area (Å²) in [6.45, 7) is 0. The Kier molecular flexibility index (Phi) is 6.28. The zero-order chi connectivity index (χ0) is 21.1. The largest absolute Gasteiger partial charge is 0.506 e. The average Bonchev–Trinajstić information content (AvgIpc) is 2.76. The standard InChI is InChI=1S/C23H15I2N3O2/c24-16-10-15(22(29)19(25)11-16)13-26-28-23(30)18-12-21(14-6-2-1-3-7-14)27-20-9-5-4-8-17(18)20/h1-13,29H,(H,28,30)/b26-13-. The predicted octanol–water partition coefficient (Wildman–Crippen LogP) is 5.58. The first-order valence-electron chi connectivity index (χ1n) is 8.99. The first-order chi connectivity index (χ1) is 14.5. The van der Waals surface area contributed by atoms with Crippen molar-refractivity contribution in [1.29, 1.82) is 0 Å². The zero-order valence-electron chi connectivity index (χ0n) is 15.5. The Balaban J connectivity index is 1.68. The molecule has 0 aliphatic carbocycles. The Morgan fingerprint density at radius 2 is 1.73 bits per heavy atom. The Morgan fingerprint density at radius 3 is 2.53 bits per heavy atom. The van der Waals surface area contributed by atoms with Gasteiger partial charge in [-0.05, 0) is 69.4 Å². The molecule has 1 aromatic heterocycles. The number of para-hydroxylation sites is 1. The van der Waals surface area contributed by atoms with Crippen molar-refractivity contribution in [1.82, 2.24) is 10.4 Å². The van der Waals surface area contributed by atoms with Crippen LogP contribution in [-0.4, -0.2) is 22.2 Å². The lowest BCUT2D eigenvalue weighted by atomic mass is 10.0. The van der Waals surface area contributed by atoms with Crippen molar-refractivity contribution in [2.75, 3.05) is 0 Å². The summed E-state index contributed by atoms with van der Waals surface area (Å²) in [4.78, 5) is 17.6. The average molecular weight is 619 g/mol. The fourth-order valence-corrected chi connectivity index (χ4v) is 4.91. The molecule has 4 aromatic rings. The molecule has 0 aliphatic rings. The van der Waals surface area contributed by atoms with E-state index in [1.807, 2.05) is 60.7 Å². The fourth-order valence-electron chi connectivity index (χ4n) is 3.03. The molecule has 0 unspecified atom stereocenters. The minimum Gasteiger partial charge on any atom is -0.506 e. The maximum Gasteiger partial charge on any atom is 0.272 e. The molecule has 30 heavy (non-hydrogen) atoms. The van der Waals surface area contributed by atoms with Gasteiger partial charge in [0.25, 0.3) is 5.91 Å². The smallest absolute Gasteiger partial charge is 0.272 e. The van der Waals surface area contributed by atoms with Crippen LogP contribution >= 0.6 is 45.2 Å². The quantitative estimate of drug-likeness (QED) is 0.178. The number of halogens is 2. The first kappa shape index (κ1) is 20.7. The van der Waals surface area contributed by atoms with Crippen LogP contribution in [0.1, 0.15) is 15.9 Å². The number of phenolic OH excluding ortho intramolecular Hbond substituents is 1. The van der Waals surface area contributed by atoms with Crippen molar-refractivity contribution in [2.24, 2.45) is 5.10 Å². The van der Waals surface area contributed by atoms with E-state index in [0.717, 1.165) is 23.6 Å². The third-order valence-corrected chi connectivity index (χ3v) is 5.90. The number of nitrogens with one attached hydrogen (secondary N) is 1. The molecule has 148 valence electrons. The monoisotopic (exact) mass is 619 g/mol. The van der Waals surface area contributed by atoms with Crippen LogP contribution in [0.3, 0.4) is 0 Å². The van der Waals surface area contributed by atoms with Gasteiger partial charge in [0, 0.05) is 20.1 Å². The van der Waals surface area contributed by atoms with Gasteiger partial charge in [0.05, 0.1) is 26.6 Å². The molecule has 7 heteroatoms. The minimum absolute atomic E-state index is 0.134. The van der Waals surface area contributed by atoms with Gasteiger partial charge in [-0.2, -0.15) is 5.10 Å². The summed E-state index contributed by atoms with van der Waals surface area (Å²) in [5.41, 5.74) is 5.97. The summed E-state index contributed by atoms with van der Waals surface area (Å²) in [6.07, 6.45) is 1.44. The lowest BCUT2D eigenvalue weighted by molar-refractivity contribution is 0.0956. The number of rotatable bonds is 4. The Bertz CT molecular complexity index is 1270. The second-order valence-corrected chi connectivity index (χ2v) is 8.87. The van der Waals surface area contributed by atoms with Gasteiger partial charge in [0.2, 0.25) is 0 Å². The van der Waals surface area contributed by atoms with Gasteiger partial charge in [-0.3, -0.25) is 4.79 Å². The van der Waals surface area contributed by atoms with Crippen LogP contribution in [0.5, 0.6) is 5.75 Å². The number of amides is 1.